The average Bonchev–Trinajstić information content (AvgIpc) is 3.14. The molecule has 7 nitrogen and oxygen atoms in total. The summed E-state index contributed by atoms with van der Waals surface area (Å²) in [6, 6.07) is 2.97. The van der Waals surface area contributed by atoms with E-state index in [1.165, 1.54) is 0 Å². The molecule has 9 heteroatoms. The topological polar surface area (TPSA) is 96.7 Å². The summed E-state index contributed by atoms with van der Waals surface area (Å²) in [6.07, 6.45) is 2.26. The van der Waals surface area contributed by atoms with Gasteiger partial charge < -0.3 is 5.32 Å². The number of pyridine rings is 1. The molecule has 104 valence electrons. The molecule has 0 amide bonds. The van der Waals surface area contributed by atoms with Crippen molar-refractivity contribution in [1.82, 2.24) is 15.2 Å². The number of rotatable bonds is 4. The molecule has 1 aliphatic carbocycles. The Bertz CT molecular complexity index is 683. The van der Waals surface area contributed by atoms with Crippen LogP contribution in [0.1, 0.15) is 24.5 Å². The summed E-state index contributed by atoms with van der Waals surface area (Å²) in [7, 11) is 0. The molecule has 0 radical (unpaired) electrons. The Morgan fingerprint density at radius 3 is 2.80 bits per heavy atom. The molecule has 1 fully saturated rings. The quantitative estimate of drug-likeness (QED) is 0.510. The van der Waals surface area contributed by atoms with Crippen molar-refractivity contribution in [1.29, 1.82) is 0 Å². The molecule has 1 saturated carbocycles. The van der Waals surface area contributed by atoms with Crippen LogP contribution in [0, 0.1) is 10.1 Å². The van der Waals surface area contributed by atoms with E-state index in [0.29, 0.717) is 11.7 Å². The van der Waals surface area contributed by atoms with E-state index >= 15 is 0 Å². The molecular weight excluding hydrogens is 305 g/mol. The fourth-order valence-corrected chi connectivity index (χ4v) is 2.10. The Hall–Kier alpha value is -1.86. The molecule has 0 aliphatic heterocycles. The van der Waals surface area contributed by atoms with Crippen LogP contribution < -0.4 is 5.32 Å². The Balaban J connectivity index is 1.91. The van der Waals surface area contributed by atoms with Crippen molar-refractivity contribution in [2.24, 2.45) is 0 Å². The van der Waals surface area contributed by atoms with Crippen LogP contribution in [0.2, 0.25) is 10.2 Å². The number of aromatic amines is 1. The molecule has 2 N–H and O–H groups in total. The smallest absolute Gasteiger partial charge is 0.313 e. The maximum Gasteiger partial charge on any atom is 0.313 e. The lowest BCUT2D eigenvalue weighted by atomic mass is 10.3. The van der Waals surface area contributed by atoms with Gasteiger partial charge in [-0.15, -0.1) is 0 Å². The van der Waals surface area contributed by atoms with Gasteiger partial charge in [-0.3, -0.25) is 15.2 Å². The monoisotopic (exact) mass is 313 g/mol. The number of nitro groups is 1. The number of nitrogens with zero attached hydrogens (tertiary/aromatic N) is 3. The first-order valence-corrected chi connectivity index (χ1v) is 6.63. The minimum Gasteiger partial charge on any atom is -0.318 e. The molecule has 0 bridgehead atoms. The summed E-state index contributed by atoms with van der Waals surface area (Å²) in [6.45, 7) is 0. The second-order valence-electron chi connectivity index (χ2n) is 4.49. The lowest BCUT2D eigenvalue weighted by Gasteiger charge is -2.04. The van der Waals surface area contributed by atoms with Crippen LogP contribution in [0.5, 0.6) is 0 Å². The summed E-state index contributed by atoms with van der Waals surface area (Å²) in [5, 5.41) is 20.8. The first-order chi connectivity index (χ1) is 9.54. The highest BCUT2D eigenvalue weighted by atomic mass is 35.5. The first kappa shape index (κ1) is 13.1. The molecule has 2 heterocycles. The van der Waals surface area contributed by atoms with Gasteiger partial charge in [-0.2, -0.15) is 5.10 Å². The van der Waals surface area contributed by atoms with Gasteiger partial charge in [0.15, 0.2) is 11.0 Å². The van der Waals surface area contributed by atoms with Crippen LogP contribution in [0.4, 0.5) is 17.3 Å². The zero-order valence-corrected chi connectivity index (χ0v) is 11.6. The fourth-order valence-electron chi connectivity index (χ4n) is 1.81. The molecule has 2 aromatic heterocycles. The van der Waals surface area contributed by atoms with Gasteiger partial charge >= 0.3 is 5.69 Å². The number of H-pyrrole nitrogens is 1. The predicted molar refractivity (Wildman–Crippen MR) is 74.8 cm³/mol. The van der Waals surface area contributed by atoms with Crippen molar-refractivity contribution in [2.45, 2.75) is 18.8 Å². The number of halogens is 2. The van der Waals surface area contributed by atoms with Crippen LogP contribution in [0.15, 0.2) is 12.1 Å². The van der Waals surface area contributed by atoms with E-state index in [0.717, 1.165) is 24.6 Å². The zero-order chi connectivity index (χ0) is 14.3. The number of nitrogens with one attached hydrogen (secondary N) is 2. The molecule has 0 unspecified atom stereocenters. The predicted octanol–water partition coefficient (Wildman–Crippen LogP) is 3.64. The molecule has 0 atom stereocenters. The average molecular weight is 314 g/mol. The molecule has 2 aromatic rings. The highest BCUT2D eigenvalue weighted by Crippen LogP contribution is 2.40. The lowest BCUT2D eigenvalue weighted by molar-refractivity contribution is -0.384. The summed E-state index contributed by atoms with van der Waals surface area (Å²) < 4.78 is 0. The van der Waals surface area contributed by atoms with Gasteiger partial charge in [0, 0.05) is 23.7 Å². The maximum atomic E-state index is 11.0. The van der Waals surface area contributed by atoms with Crippen molar-refractivity contribution in [3.05, 3.63) is 38.1 Å². The third-order valence-electron chi connectivity index (χ3n) is 2.97. The Morgan fingerprint density at radius 1 is 1.40 bits per heavy atom. The van der Waals surface area contributed by atoms with Crippen LogP contribution in [0.25, 0.3) is 0 Å². The highest BCUT2D eigenvalue weighted by Gasteiger charge is 2.26. The highest BCUT2D eigenvalue weighted by molar-refractivity contribution is 6.41. The minimum absolute atomic E-state index is 0.00211. The van der Waals surface area contributed by atoms with Gasteiger partial charge in [-0.25, -0.2) is 4.98 Å². The van der Waals surface area contributed by atoms with Crippen molar-refractivity contribution in [3.63, 3.8) is 0 Å². The van der Waals surface area contributed by atoms with E-state index in [4.69, 9.17) is 23.2 Å². The van der Waals surface area contributed by atoms with Gasteiger partial charge in [0.05, 0.1) is 9.95 Å². The van der Waals surface area contributed by atoms with Crippen molar-refractivity contribution in [2.75, 3.05) is 5.32 Å². The third-order valence-corrected chi connectivity index (χ3v) is 3.64. The van der Waals surface area contributed by atoms with Gasteiger partial charge in [0.25, 0.3) is 0 Å². The van der Waals surface area contributed by atoms with Crippen LogP contribution >= 0.6 is 23.2 Å². The summed E-state index contributed by atoms with van der Waals surface area (Å²) in [5.41, 5.74) is 0.755. The van der Waals surface area contributed by atoms with Gasteiger partial charge in [0.2, 0.25) is 5.82 Å². The van der Waals surface area contributed by atoms with Crippen molar-refractivity contribution < 1.29 is 4.92 Å². The van der Waals surface area contributed by atoms with Crippen LogP contribution in [-0.4, -0.2) is 20.1 Å². The van der Waals surface area contributed by atoms with E-state index in [1.54, 1.807) is 0 Å². The Kier molecular flexibility index (Phi) is 3.23. The fraction of sp³-hybridized carbons (Fsp3) is 0.273. The molecule has 0 saturated heterocycles. The molecule has 3 rings (SSSR count). The minimum atomic E-state index is -0.577. The van der Waals surface area contributed by atoms with Gasteiger partial charge in [0.1, 0.15) is 0 Å². The molecule has 0 aromatic carbocycles. The lowest BCUT2D eigenvalue weighted by Crippen LogP contribution is -2.00. The number of hydrogen-bond acceptors (Lipinski definition) is 5. The zero-order valence-electron chi connectivity index (χ0n) is 10.1. The SMILES string of the molecule is O=[N+]([O-])c1cc(Cl)c(Cl)nc1Nc1cc(C2CC2)[nH]n1. The maximum absolute atomic E-state index is 11.0. The van der Waals surface area contributed by atoms with Crippen molar-refractivity contribution in [3.8, 4) is 0 Å². The molecule has 0 spiro atoms. The molecule has 20 heavy (non-hydrogen) atoms. The van der Waals surface area contributed by atoms with Crippen molar-refractivity contribution >= 4 is 40.5 Å². The largest absolute Gasteiger partial charge is 0.318 e. The van der Waals surface area contributed by atoms with E-state index in [2.05, 4.69) is 20.5 Å². The normalized spacial score (nSPS) is 14.3. The standard InChI is InChI=1S/C11H9Cl2N5O2/c12-6-3-8(18(19)20)11(15-10(6)13)14-9-4-7(16-17-9)5-1-2-5/h3-5H,1-2H2,(H2,14,15,16,17). The number of hydrogen-bond donors (Lipinski definition) is 2. The van der Waals surface area contributed by atoms with E-state index in [-0.39, 0.29) is 21.7 Å². The summed E-state index contributed by atoms with van der Waals surface area (Å²) >= 11 is 11.5. The van der Waals surface area contributed by atoms with E-state index in [1.807, 2.05) is 6.07 Å². The number of aromatic nitrogens is 3. The molecular formula is C11H9Cl2N5O2. The summed E-state index contributed by atoms with van der Waals surface area (Å²) in [5.74, 6) is 0.980. The first-order valence-electron chi connectivity index (χ1n) is 5.87. The number of anilines is 2. The van der Waals surface area contributed by atoms with Gasteiger partial charge in [-0.1, -0.05) is 23.2 Å². The van der Waals surface area contributed by atoms with Crippen LogP contribution in [-0.2, 0) is 0 Å². The molecule has 1 aliphatic rings. The Morgan fingerprint density at radius 2 is 2.15 bits per heavy atom. The van der Waals surface area contributed by atoms with Gasteiger partial charge in [-0.05, 0) is 12.8 Å². The second-order valence-corrected chi connectivity index (χ2v) is 5.26. The summed E-state index contributed by atoms with van der Waals surface area (Å²) in [4.78, 5) is 14.3. The van der Waals surface area contributed by atoms with E-state index in [9.17, 15) is 10.1 Å². The second kappa shape index (κ2) is 4.92. The Labute approximate surface area is 123 Å². The third kappa shape index (κ3) is 2.54. The van der Waals surface area contributed by atoms with E-state index < -0.39 is 4.92 Å². The van der Waals surface area contributed by atoms with Crippen LogP contribution in [0.3, 0.4) is 0 Å².